The van der Waals surface area contributed by atoms with Gasteiger partial charge in [-0.2, -0.15) is 0 Å². The second-order valence-electron chi connectivity index (χ2n) is 6.39. The van der Waals surface area contributed by atoms with E-state index in [1.807, 2.05) is 23.1 Å². The molecule has 0 radical (unpaired) electrons. The van der Waals surface area contributed by atoms with Crippen molar-refractivity contribution in [2.75, 3.05) is 29.9 Å². The average molecular weight is 342 g/mol. The summed E-state index contributed by atoms with van der Waals surface area (Å²) in [5, 5.41) is 3.45. The van der Waals surface area contributed by atoms with Gasteiger partial charge in [-0.1, -0.05) is 41.9 Å². The van der Waals surface area contributed by atoms with E-state index in [1.165, 1.54) is 17.7 Å². The number of anilines is 2. The molecule has 2 aliphatic rings. The van der Waals surface area contributed by atoms with Crippen molar-refractivity contribution in [3.63, 3.8) is 0 Å². The van der Waals surface area contributed by atoms with Crippen molar-refractivity contribution in [3.05, 3.63) is 59.1 Å². The molecule has 1 N–H and O–H groups in total. The summed E-state index contributed by atoms with van der Waals surface area (Å²) in [5.41, 5.74) is 3.42. The fourth-order valence-corrected chi connectivity index (χ4v) is 3.70. The van der Waals surface area contributed by atoms with E-state index in [-0.39, 0.29) is 6.03 Å². The molecule has 124 valence electrons. The van der Waals surface area contributed by atoms with E-state index in [9.17, 15) is 4.79 Å². The summed E-state index contributed by atoms with van der Waals surface area (Å²) in [5.74, 6) is 0. The zero-order valence-electron chi connectivity index (χ0n) is 13.4. The van der Waals surface area contributed by atoms with Gasteiger partial charge in [0.05, 0.1) is 16.8 Å². The van der Waals surface area contributed by atoms with Gasteiger partial charge in [-0.3, -0.25) is 0 Å². The smallest absolute Gasteiger partial charge is 0.322 e. The van der Waals surface area contributed by atoms with Gasteiger partial charge in [-0.25, -0.2) is 4.79 Å². The van der Waals surface area contributed by atoms with Crippen LogP contribution >= 0.6 is 11.6 Å². The molecule has 2 aromatic rings. The number of benzene rings is 2. The SMILES string of the molecule is O=C(Nc1ccccc1Cl)N1CC(N2CCCc3ccccc32)C1. The molecule has 2 amide bonds. The standard InChI is InChI=1S/C19H20ClN3O/c20-16-8-2-3-9-17(16)21-19(24)22-12-15(13-22)23-11-5-7-14-6-1-4-10-18(14)23/h1-4,6,8-10,15H,5,7,11-13H2,(H,21,24). The maximum absolute atomic E-state index is 12.4. The van der Waals surface area contributed by atoms with Crippen LogP contribution in [0.25, 0.3) is 0 Å². The van der Waals surface area contributed by atoms with Gasteiger partial charge in [0.1, 0.15) is 0 Å². The summed E-state index contributed by atoms with van der Waals surface area (Å²) in [6.07, 6.45) is 2.33. The van der Waals surface area contributed by atoms with Crippen molar-refractivity contribution >= 4 is 29.0 Å². The van der Waals surface area contributed by atoms with Crippen LogP contribution in [0.4, 0.5) is 16.2 Å². The Morgan fingerprint density at radius 3 is 2.67 bits per heavy atom. The molecular weight excluding hydrogens is 322 g/mol. The van der Waals surface area contributed by atoms with Crippen LogP contribution in [0, 0.1) is 0 Å². The number of likely N-dealkylation sites (tertiary alicyclic amines) is 1. The number of nitrogens with zero attached hydrogens (tertiary/aromatic N) is 2. The lowest BCUT2D eigenvalue weighted by molar-refractivity contribution is 0.160. The molecule has 2 aromatic carbocycles. The van der Waals surface area contributed by atoms with E-state index in [1.54, 1.807) is 6.07 Å². The minimum atomic E-state index is -0.0790. The van der Waals surface area contributed by atoms with E-state index in [0.29, 0.717) is 16.8 Å². The largest absolute Gasteiger partial charge is 0.365 e. The summed E-state index contributed by atoms with van der Waals surface area (Å²) < 4.78 is 0. The van der Waals surface area contributed by atoms with Crippen LogP contribution < -0.4 is 10.2 Å². The molecule has 0 aromatic heterocycles. The maximum atomic E-state index is 12.4. The van der Waals surface area contributed by atoms with Crippen LogP contribution in [0.5, 0.6) is 0 Å². The number of hydrogen-bond donors (Lipinski definition) is 1. The second-order valence-corrected chi connectivity index (χ2v) is 6.80. The van der Waals surface area contributed by atoms with Crippen LogP contribution in [-0.2, 0) is 6.42 Å². The van der Waals surface area contributed by atoms with Crippen LogP contribution in [0.15, 0.2) is 48.5 Å². The Bertz CT molecular complexity index is 758. The third-order valence-corrected chi connectivity index (χ3v) is 5.18. The molecule has 4 nitrogen and oxygen atoms in total. The molecule has 0 spiro atoms. The molecule has 0 saturated carbocycles. The minimum absolute atomic E-state index is 0.0790. The third-order valence-electron chi connectivity index (χ3n) is 4.85. The zero-order valence-corrected chi connectivity index (χ0v) is 14.2. The van der Waals surface area contributed by atoms with Gasteiger partial charge in [-0.15, -0.1) is 0 Å². The second kappa shape index (κ2) is 6.36. The first-order chi connectivity index (χ1) is 11.7. The van der Waals surface area contributed by atoms with Crippen molar-refractivity contribution in [3.8, 4) is 0 Å². The molecule has 0 unspecified atom stereocenters. The number of nitrogens with one attached hydrogen (secondary N) is 1. The molecule has 0 aliphatic carbocycles. The molecule has 1 fully saturated rings. The van der Waals surface area contributed by atoms with E-state index in [0.717, 1.165) is 26.1 Å². The molecule has 2 heterocycles. The Kier molecular flexibility index (Phi) is 4.07. The molecule has 2 aliphatic heterocycles. The van der Waals surface area contributed by atoms with Crippen molar-refractivity contribution in [2.45, 2.75) is 18.9 Å². The van der Waals surface area contributed by atoms with Crippen LogP contribution in [0.3, 0.4) is 0 Å². The number of hydrogen-bond acceptors (Lipinski definition) is 2. The minimum Gasteiger partial charge on any atom is -0.365 e. The highest BCUT2D eigenvalue weighted by atomic mass is 35.5. The lowest BCUT2D eigenvalue weighted by Gasteiger charge is -2.48. The third kappa shape index (κ3) is 2.82. The number of carbonyl (C=O) groups is 1. The molecule has 4 rings (SSSR count). The highest BCUT2D eigenvalue weighted by Crippen LogP contribution is 2.31. The quantitative estimate of drug-likeness (QED) is 0.895. The summed E-state index contributed by atoms with van der Waals surface area (Å²) in [6, 6.07) is 16.2. The molecule has 5 heteroatoms. The summed E-state index contributed by atoms with van der Waals surface area (Å²) in [6.45, 7) is 2.58. The van der Waals surface area contributed by atoms with E-state index >= 15 is 0 Å². The van der Waals surface area contributed by atoms with Gasteiger partial charge >= 0.3 is 6.03 Å². The summed E-state index contributed by atoms with van der Waals surface area (Å²) in [7, 11) is 0. The predicted octanol–water partition coefficient (Wildman–Crippen LogP) is 4.01. The molecule has 0 bridgehead atoms. The van der Waals surface area contributed by atoms with Crippen LogP contribution in [0.1, 0.15) is 12.0 Å². The van der Waals surface area contributed by atoms with Gasteiger partial charge in [0.2, 0.25) is 0 Å². The fraction of sp³-hybridized carbons (Fsp3) is 0.316. The number of fused-ring (bicyclic) bond motifs is 1. The van der Waals surface area contributed by atoms with Gasteiger partial charge in [0, 0.05) is 25.3 Å². The normalized spacial score (nSPS) is 17.2. The number of amides is 2. The van der Waals surface area contributed by atoms with Gasteiger partial charge in [0.15, 0.2) is 0 Å². The lowest BCUT2D eigenvalue weighted by Crippen LogP contribution is -2.62. The zero-order chi connectivity index (χ0) is 16.5. The number of halogens is 1. The van der Waals surface area contributed by atoms with Crippen molar-refractivity contribution in [1.29, 1.82) is 0 Å². The number of para-hydroxylation sites is 2. The number of carbonyl (C=O) groups excluding carboxylic acids is 1. The van der Waals surface area contributed by atoms with E-state index in [2.05, 4.69) is 34.5 Å². The number of aryl methyl sites for hydroxylation is 1. The van der Waals surface area contributed by atoms with E-state index in [4.69, 9.17) is 11.6 Å². The van der Waals surface area contributed by atoms with Crippen LogP contribution in [-0.4, -0.2) is 36.6 Å². The van der Waals surface area contributed by atoms with Gasteiger partial charge in [0.25, 0.3) is 0 Å². The Hall–Kier alpha value is -2.20. The molecular formula is C19H20ClN3O. The Labute approximate surface area is 147 Å². The van der Waals surface area contributed by atoms with Gasteiger partial charge < -0.3 is 15.1 Å². The van der Waals surface area contributed by atoms with Crippen molar-refractivity contribution in [2.24, 2.45) is 0 Å². The summed E-state index contributed by atoms with van der Waals surface area (Å²) >= 11 is 6.10. The predicted molar refractivity (Wildman–Crippen MR) is 97.9 cm³/mol. The van der Waals surface area contributed by atoms with Crippen molar-refractivity contribution < 1.29 is 4.79 Å². The maximum Gasteiger partial charge on any atom is 0.322 e. The highest BCUT2D eigenvalue weighted by molar-refractivity contribution is 6.33. The number of rotatable bonds is 2. The first-order valence-corrected chi connectivity index (χ1v) is 8.75. The molecule has 0 atom stereocenters. The fourth-order valence-electron chi connectivity index (χ4n) is 3.52. The lowest BCUT2D eigenvalue weighted by atomic mass is 9.97. The Morgan fingerprint density at radius 2 is 1.83 bits per heavy atom. The van der Waals surface area contributed by atoms with E-state index < -0.39 is 0 Å². The van der Waals surface area contributed by atoms with Gasteiger partial charge in [-0.05, 0) is 36.6 Å². The van der Waals surface area contributed by atoms with Crippen LogP contribution in [0.2, 0.25) is 5.02 Å². The molecule has 1 saturated heterocycles. The Balaban J connectivity index is 1.39. The first kappa shape index (κ1) is 15.3. The Morgan fingerprint density at radius 1 is 1.08 bits per heavy atom. The first-order valence-electron chi connectivity index (χ1n) is 8.37. The molecule has 24 heavy (non-hydrogen) atoms. The number of urea groups is 1. The van der Waals surface area contributed by atoms with Crippen molar-refractivity contribution in [1.82, 2.24) is 4.90 Å². The highest BCUT2D eigenvalue weighted by Gasteiger charge is 2.36. The average Bonchev–Trinajstić information content (AvgIpc) is 2.56. The monoisotopic (exact) mass is 341 g/mol. The summed E-state index contributed by atoms with van der Waals surface area (Å²) in [4.78, 5) is 16.7. The topological polar surface area (TPSA) is 35.6 Å².